The van der Waals surface area contributed by atoms with E-state index in [1.807, 2.05) is 92.7 Å². The number of nitrogens with zero attached hydrogens (tertiary/aromatic N) is 1. The number of amides is 2. The Morgan fingerprint density at radius 1 is 0.886 bits per heavy atom. The highest BCUT2D eigenvalue weighted by atomic mass is 32.2. The molecule has 1 heterocycles. The first-order valence-corrected chi connectivity index (χ1v) is 12.9. The average molecular weight is 498 g/mol. The molecule has 0 bridgehead atoms. The van der Waals surface area contributed by atoms with E-state index in [1.54, 1.807) is 0 Å². The Bertz CT molecular complexity index is 1560. The molecule has 2 N–H and O–H groups in total. The van der Waals surface area contributed by atoms with Gasteiger partial charge < -0.3 is 10.6 Å². The third-order valence-corrected chi connectivity index (χ3v) is 7.59. The van der Waals surface area contributed by atoms with Gasteiger partial charge in [0.05, 0.1) is 15.5 Å². The summed E-state index contributed by atoms with van der Waals surface area (Å²) in [5.74, 6) is -0.286. The number of fused-ring (bicyclic) bond motifs is 2. The van der Waals surface area contributed by atoms with Gasteiger partial charge in [0, 0.05) is 16.1 Å². The van der Waals surface area contributed by atoms with Gasteiger partial charge in [-0.05, 0) is 72.6 Å². The molecule has 0 aliphatic rings. The molecule has 4 aromatic carbocycles. The number of hydrogen-bond donors (Lipinski definition) is 2. The van der Waals surface area contributed by atoms with Crippen LogP contribution in [0.3, 0.4) is 0 Å². The maximum absolute atomic E-state index is 12.8. The van der Waals surface area contributed by atoms with Crippen molar-refractivity contribution < 1.29 is 9.59 Å². The molecule has 1 unspecified atom stereocenters. The monoisotopic (exact) mass is 497 g/mol. The van der Waals surface area contributed by atoms with Gasteiger partial charge >= 0.3 is 0 Å². The Labute approximate surface area is 211 Å². The number of anilines is 2. The van der Waals surface area contributed by atoms with Crippen molar-refractivity contribution in [2.24, 2.45) is 0 Å². The van der Waals surface area contributed by atoms with E-state index in [9.17, 15) is 9.59 Å². The third kappa shape index (κ3) is 5.37. The molecule has 5 aromatic rings. The van der Waals surface area contributed by atoms with E-state index in [0.717, 1.165) is 31.4 Å². The van der Waals surface area contributed by atoms with Gasteiger partial charge in [0.15, 0.2) is 5.13 Å². The lowest BCUT2D eigenvalue weighted by atomic mass is 10.1. The number of aryl methyl sites for hydroxylation is 1. The zero-order valence-corrected chi connectivity index (χ0v) is 20.9. The smallest absolute Gasteiger partial charge is 0.255 e. The van der Waals surface area contributed by atoms with Crippen molar-refractivity contribution in [1.82, 2.24) is 4.98 Å². The lowest BCUT2D eigenvalue weighted by molar-refractivity contribution is -0.115. The number of carbonyl (C=O) groups is 2. The molecule has 5 rings (SSSR count). The minimum atomic E-state index is -0.338. The van der Waals surface area contributed by atoms with Crippen LogP contribution in [0.25, 0.3) is 21.0 Å². The van der Waals surface area contributed by atoms with Crippen molar-refractivity contribution in [3.8, 4) is 0 Å². The van der Waals surface area contributed by atoms with E-state index in [4.69, 9.17) is 0 Å². The first-order valence-electron chi connectivity index (χ1n) is 11.2. The predicted molar refractivity (Wildman–Crippen MR) is 147 cm³/mol. The van der Waals surface area contributed by atoms with Gasteiger partial charge in [-0.15, -0.1) is 11.8 Å². The van der Waals surface area contributed by atoms with Crippen LogP contribution < -0.4 is 10.6 Å². The number of carbonyl (C=O) groups excluding carboxylic acids is 2. The van der Waals surface area contributed by atoms with E-state index in [0.29, 0.717) is 16.4 Å². The highest BCUT2D eigenvalue weighted by Crippen LogP contribution is 2.30. The quantitative estimate of drug-likeness (QED) is 0.245. The van der Waals surface area contributed by atoms with Crippen molar-refractivity contribution >= 4 is 66.7 Å². The van der Waals surface area contributed by atoms with E-state index < -0.39 is 0 Å². The normalized spacial score (nSPS) is 11.9. The summed E-state index contributed by atoms with van der Waals surface area (Å²) in [6, 6.07) is 27.2. The topological polar surface area (TPSA) is 71.1 Å². The zero-order chi connectivity index (χ0) is 24.4. The molecule has 5 nitrogen and oxygen atoms in total. The van der Waals surface area contributed by atoms with Crippen molar-refractivity contribution in [3.05, 3.63) is 96.1 Å². The molecule has 0 aliphatic heterocycles. The van der Waals surface area contributed by atoms with Gasteiger partial charge in [0.1, 0.15) is 0 Å². The third-order valence-electron chi connectivity index (χ3n) is 5.56. The molecule has 7 heteroatoms. The first kappa shape index (κ1) is 23.1. The van der Waals surface area contributed by atoms with Gasteiger partial charge in [0.25, 0.3) is 5.91 Å². The molecule has 1 atom stereocenters. The van der Waals surface area contributed by atoms with Gasteiger partial charge in [-0.1, -0.05) is 53.8 Å². The number of thioether (sulfide) groups is 1. The van der Waals surface area contributed by atoms with Gasteiger partial charge in [-0.25, -0.2) is 4.98 Å². The van der Waals surface area contributed by atoms with Crippen LogP contribution in [0.15, 0.2) is 89.8 Å². The molecule has 1 aromatic heterocycles. The summed E-state index contributed by atoms with van der Waals surface area (Å²) in [5.41, 5.74) is 3.32. The summed E-state index contributed by atoms with van der Waals surface area (Å²) >= 11 is 2.90. The summed E-state index contributed by atoms with van der Waals surface area (Å²) in [6.45, 7) is 3.90. The summed E-state index contributed by atoms with van der Waals surface area (Å²) in [4.78, 5) is 31.0. The molecule has 2 amide bonds. The van der Waals surface area contributed by atoms with Crippen LogP contribution in [0.4, 0.5) is 10.8 Å². The molecule has 0 saturated carbocycles. The molecule has 0 aliphatic carbocycles. The number of nitrogens with one attached hydrogen (secondary N) is 2. The lowest BCUT2D eigenvalue weighted by Gasteiger charge is -2.12. The van der Waals surface area contributed by atoms with Crippen LogP contribution in [0.2, 0.25) is 0 Å². The standard InChI is InChI=1S/C28H23N3O2S2/c1-17-10-13-24-25(14-17)35-28(30-24)31-26(32)18(2)34-23-9-5-8-22(16-23)29-27(33)21-12-11-19-6-3-4-7-20(19)15-21/h3-16,18H,1-2H3,(H,29,33)(H,30,31,32). The lowest BCUT2D eigenvalue weighted by Crippen LogP contribution is -2.22. The summed E-state index contributed by atoms with van der Waals surface area (Å²) in [5, 5.41) is 8.27. The number of benzene rings is 4. The summed E-state index contributed by atoms with van der Waals surface area (Å²) in [7, 11) is 0. The Morgan fingerprint density at radius 2 is 1.71 bits per heavy atom. The molecule has 0 spiro atoms. The maximum atomic E-state index is 12.8. The van der Waals surface area contributed by atoms with Crippen molar-refractivity contribution in [1.29, 1.82) is 0 Å². The Hall–Kier alpha value is -3.68. The van der Waals surface area contributed by atoms with Crippen LogP contribution in [0.5, 0.6) is 0 Å². The molecule has 174 valence electrons. The second-order valence-electron chi connectivity index (χ2n) is 8.28. The SMILES string of the molecule is Cc1ccc2nc(NC(=O)C(C)Sc3cccc(NC(=O)c4ccc5ccccc5c4)c3)sc2c1. The largest absolute Gasteiger partial charge is 0.322 e. The Morgan fingerprint density at radius 3 is 2.57 bits per heavy atom. The fraction of sp³-hybridized carbons (Fsp3) is 0.107. The minimum Gasteiger partial charge on any atom is -0.322 e. The van der Waals surface area contributed by atoms with E-state index in [1.165, 1.54) is 23.1 Å². The second-order valence-corrected chi connectivity index (χ2v) is 10.7. The highest BCUT2D eigenvalue weighted by Gasteiger charge is 2.17. The number of aromatic nitrogens is 1. The second kappa shape index (κ2) is 9.90. The van der Waals surface area contributed by atoms with Crippen molar-refractivity contribution in [2.75, 3.05) is 10.6 Å². The Kier molecular flexibility index (Phi) is 6.53. The molecular formula is C28H23N3O2S2. The zero-order valence-electron chi connectivity index (χ0n) is 19.2. The van der Waals surface area contributed by atoms with E-state index in [-0.39, 0.29) is 17.1 Å². The summed E-state index contributed by atoms with van der Waals surface area (Å²) < 4.78 is 1.05. The van der Waals surface area contributed by atoms with Crippen LogP contribution >= 0.6 is 23.1 Å². The Balaban J connectivity index is 1.23. The molecule has 0 radical (unpaired) electrons. The van der Waals surface area contributed by atoms with Crippen LogP contribution in [-0.4, -0.2) is 22.0 Å². The van der Waals surface area contributed by atoms with Crippen LogP contribution in [0, 0.1) is 6.92 Å². The average Bonchev–Trinajstić information content (AvgIpc) is 3.25. The number of thiazole rings is 1. The maximum Gasteiger partial charge on any atom is 0.255 e. The highest BCUT2D eigenvalue weighted by molar-refractivity contribution is 8.00. The van der Waals surface area contributed by atoms with Crippen molar-refractivity contribution in [2.45, 2.75) is 24.0 Å². The fourth-order valence-electron chi connectivity index (χ4n) is 3.73. The molecule has 35 heavy (non-hydrogen) atoms. The van der Waals surface area contributed by atoms with Gasteiger partial charge in [-0.2, -0.15) is 0 Å². The number of hydrogen-bond acceptors (Lipinski definition) is 5. The summed E-state index contributed by atoms with van der Waals surface area (Å²) in [6.07, 6.45) is 0. The fourth-order valence-corrected chi connectivity index (χ4v) is 5.62. The predicted octanol–water partition coefficient (Wildman–Crippen LogP) is 7.13. The van der Waals surface area contributed by atoms with Crippen LogP contribution in [0.1, 0.15) is 22.8 Å². The van der Waals surface area contributed by atoms with Gasteiger partial charge in [0.2, 0.25) is 5.91 Å². The molecule has 0 saturated heterocycles. The number of rotatable bonds is 6. The van der Waals surface area contributed by atoms with E-state index >= 15 is 0 Å². The van der Waals surface area contributed by atoms with Crippen molar-refractivity contribution in [3.63, 3.8) is 0 Å². The molecular weight excluding hydrogens is 474 g/mol. The first-order chi connectivity index (χ1) is 16.9. The van der Waals surface area contributed by atoms with Gasteiger partial charge in [-0.3, -0.25) is 9.59 Å². The van der Waals surface area contributed by atoms with Crippen LogP contribution in [-0.2, 0) is 4.79 Å². The minimum absolute atomic E-state index is 0.114. The van der Waals surface area contributed by atoms with E-state index in [2.05, 4.69) is 21.7 Å². The molecule has 0 fully saturated rings.